The molecule has 4 atom stereocenters. The largest absolute Gasteiger partial charge is 0.460 e. The molecular formula is C22H36N2O4. The molecule has 4 unspecified atom stereocenters. The van der Waals surface area contributed by atoms with E-state index in [4.69, 9.17) is 10.5 Å². The number of aliphatic hydroxyl groups excluding tert-OH is 2. The van der Waals surface area contributed by atoms with E-state index in [2.05, 4.69) is 4.98 Å². The first-order valence-corrected chi connectivity index (χ1v) is 10.4. The molecule has 1 saturated carbocycles. The first kappa shape index (κ1) is 22.8. The summed E-state index contributed by atoms with van der Waals surface area (Å²) >= 11 is 0. The monoisotopic (exact) mass is 392 g/mol. The van der Waals surface area contributed by atoms with Crippen LogP contribution in [0.25, 0.3) is 0 Å². The average molecular weight is 393 g/mol. The van der Waals surface area contributed by atoms with Crippen LogP contribution in [0.15, 0.2) is 24.4 Å². The predicted octanol–water partition coefficient (Wildman–Crippen LogP) is 2.60. The van der Waals surface area contributed by atoms with E-state index in [1.807, 2.05) is 18.2 Å². The Morgan fingerprint density at radius 2 is 1.93 bits per heavy atom. The minimum Gasteiger partial charge on any atom is -0.460 e. The van der Waals surface area contributed by atoms with Gasteiger partial charge in [0, 0.05) is 17.9 Å². The molecule has 6 nitrogen and oxygen atoms in total. The fourth-order valence-corrected chi connectivity index (χ4v) is 3.96. The maximum absolute atomic E-state index is 12.9. The van der Waals surface area contributed by atoms with Crippen LogP contribution in [0, 0.1) is 11.8 Å². The van der Waals surface area contributed by atoms with E-state index in [0.717, 1.165) is 31.4 Å². The number of aromatic nitrogens is 1. The van der Waals surface area contributed by atoms with Crippen LogP contribution in [-0.2, 0) is 16.0 Å². The number of hydrogen-bond donors (Lipinski definition) is 3. The van der Waals surface area contributed by atoms with Crippen LogP contribution in [0.1, 0.15) is 65.0 Å². The smallest absolute Gasteiger partial charge is 0.313 e. The number of nitrogens with two attached hydrogens (primary N) is 1. The van der Waals surface area contributed by atoms with Gasteiger partial charge >= 0.3 is 5.97 Å². The van der Waals surface area contributed by atoms with Gasteiger partial charge in [0.25, 0.3) is 0 Å². The first-order valence-electron chi connectivity index (χ1n) is 10.4. The van der Waals surface area contributed by atoms with E-state index in [-0.39, 0.29) is 5.92 Å². The standard InChI is InChI=1S/C22H36N2O4/c1-22(2,3)28-21(27)18(19(23)15-9-5-4-6-10-15)20(26)17(25)13-12-16-11-7-8-14-24-16/h7-8,11,14-15,17-20,25-26H,4-6,9-10,12-13,23H2,1-3H3. The van der Waals surface area contributed by atoms with Crippen molar-refractivity contribution in [2.75, 3.05) is 0 Å². The Bertz CT molecular complexity index is 596. The summed E-state index contributed by atoms with van der Waals surface area (Å²) in [5.74, 6) is -1.32. The molecule has 0 saturated heterocycles. The predicted molar refractivity (Wildman–Crippen MR) is 108 cm³/mol. The highest BCUT2D eigenvalue weighted by molar-refractivity contribution is 5.74. The van der Waals surface area contributed by atoms with Crippen LogP contribution in [0.5, 0.6) is 0 Å². The molecule has 28 heavy (non-hydrogen) atoms. The van der Waals surface area contributed by atoms with Crippen LogP contribution in [0.3, 0.4) is 0 Å². The van der Waals surface area contributed by atoms with Gasteiger partial charge in [0.2, 0.25) is 0 Å². The quantitative estimate of drug-likeness (QED) is 0.587. The zero-order chi connectivity index (χ0) is 20.7. The molecule has 2 rings (SSSR count). The van der Waals surface area contributed by atoms with Crippen molar-refractivity contribution in [1.29, 1.82) is 0 Å². The second kappa shape index (κ2) is 10.3. The number of esters is 1. The number of nitrogens with zero attached hydrogens (tertiary/aromatic N) is 1. The summed E-state index contributed by atoms with van der Waals surface area (Å²) in [4.78, 5) is 17.1. The Morgan fingerprint density at radius 3 is 2.50 bits per heavy atom. The highest BCUT2D eigenvalue weighted by atomic mass is 16.6. The summed E-state index contributed by atoms with van der Waals surface area (Å²) in [5, 5.41) is 21.5. The number of aliphatic hydroxyl groups is 2. The number of carbonyl (C=O) groups excluding carboxylic acids is 1. The van der Waals surface area contributed by atoms with Crippen LogP contribution in [0.2, 0.25) is 0 Å². The van der Waals surface area contributed by atoms with E-state index < -0.39 is 35.7 Å². The number of pyridine rings is 1. The van der Waals surface area contributed by atoms with E-state index in [0.29, 0.717) is 12.8 Å². The van der Waals surface area contributed by atoms with Gasteiger partial charge in [0.1, 0.15) is 11.5 Å². The van der Waals surface area contributed by atoms with Crippen molar-refractivity contribution >= 4 is 5.97 Å². The van der Waals surface area contributed by atoms with Gasteiger partial charge in [-0.05, 0) is 64.5 Å². The summed E-state index contributed by atoms with van der Waals surface area (Å²) < 4.78 is 5.54. The second-order valence-corrected chi connectivity index (χ2v) is 8.95. The van der Waals surface area contributed by atoms with E-state index in [1.165, 1.54) is 6.42 Å². The molecule has 1 aromatic heterocycles. The molecule has 0 bridgehead atoms. The number of ether oxygens (including phenoxy) is 1. The fraction of sp³-hybridized carbons (Fsp3) is 0.727. The third kappa shape index (κ3) is 6.83. The van der Waals surface area contributed by atoms with Gasteiger partial charge in [0.05, 0.1) is 12.2 Å². The lowest BCUT2D eigenvalue weighted by Crippen LogP contribution is -2.53. The van der Waals surface area contributed by atoms with Gasteiger partial charge in [-0.25, -0.2) is 0 Å². The molecular weight excluding hydrogens is 356 g/mol. The Hall–Kier alpha value is -1.50. The normalized spacial score (nSPS) is 20.2. The molecule has 4 N–H and O–H groups in total. The van der Waals surface area contributed by atoms with E-state index in [1.54, 1.807) is 27.0 Å². The minimum atomic E-state index is -1.27. The molecule has 0 radical (unpaired) electrons. The van der Waals surface area contributed by atoms with Crippen LogP contribution in [-0.4, -0.2) is 45.0 Å². The zero-order valence-electron chi connectivity index (χ0n) is 17.4. The zero-order valence-corrected chi connectivity index (χ0v) is 17.4. The molecule has 1 aliphatic rings. The lowest BCUT2D eigenvalue weighted by Gasteiger charge is -2.37. The fourth-order valence-electron chi connectivity index (χ4n) is 3.96. The second-order valence-electron chi connectivity index (χ2n) is 8.95. The van der Waals surface area contributed by atoms with Gasteiger partial charge in [-0.1, -0.05) is 25.3 Å². The molecule has 1 aromatic rings. The minimum absolute atomic E-state index is 0.156. The van der Waals surface area contributed by atoms with Crippen molar-refractivity contribution in [3.05, 3.63) is 30.1 Å². The SMILES string of the molecule is CC(C)(C)OC(=O)C(C(N)C1CCCCC1)C(O)C(O)CCc1ccccn1. The Kier molecular flexibility index (Phi) is 8.40. The topological polar surface area (TPSA) is 106 Å². The Morgan fingerprint density at radius 1 is 1.25 bits per heavy atom. The average Bonchev–Trinajstić information content (AvgIpc) is 2.66. The maximum atomic E-state index is 12.9. The van der Waals surface area contributed by atoms with Gasteiger partial charge in [-0.3, -0.25) is 9.78 Å². The first-order chi connectivity index (χ1) is 13.2. The number of rotatable bonds is 8. The third-order valence-electron chi connectivity index (χ3n) is 5.47. The molecule has 0 aromatic carbocycles. The van der Waals surface area contributed by atoms with E-state index >= 15 is 0 Å². The summed E-state index contributed by atoms with van der Waals surface area (Å²) in [6, 6.07) is 5.05. The van der Waals surface area contributed by atoms with Crippen molar-refractivity contribution in [3.8, 4) is 0 Å². The molecule has 0 spiro atoms. The number of hydrogen-bond acceptors (Lipinski definition) is 6. The molecule has 1 aliphatic carbocycles. The van der Waals surface area contributed by atoms with Gasteiger partial charge in [0.15, 0.2) is 0 Å². The number of carbonyl (C=O) groups is 1. The molecule has 158 valence electrons. The summed E-state index contributed by atoms with van der Waals surface area (Å²) in [5.41, 5.74) is 6.63. The Balaban J connectivity index is 2.09. The molecule has 0 amide bonds. The van der Waals surface area contributed by atoms with Crippen molar-refractivity contribution in [3.63, 3.8) is 0 Å². The van der Waals surface area contributed by atoms with Crippen molar-refractivity contribution in [2.24, 2.45) is 17.6 Å². The molecule has 1 heterocycles. The highest BCUT2D eigenvalue weighted by Crippen LogP contribution is 2.32. The van der Waals surface area contributed by atoms with Gasteiger partial charge in [-0.2, -0.15) is 0 Å². The molecule has 6 heteroatoms. The van der Waals surface area contributed by atoms with Crippen molar-refractivity contribution in [1.82, 2.24) is 4.98 Å². The molecule has 1 fully saturated rings. The maximum Gasteiger partial charge on any atom is 0.313 e. The highest BCUT2D eigenvalue weighted by Gasteiger charge is 2.42. The van der Waals surface area contributed by atoms with Crippen molar-refractivity contribution < 1.29 is 19.7 Å². The van der Waals surface area contributed by atoms with Crippen LogP contribution < -0.4 is 5.73 Å². The van der Waals surface area contributed by atoms with Crippen molar-refractivity contribution in [2.45, 2.75) is 89.6 Å². The Labute approximate surface area is 168 Å². The van der Waals surface area contributed by atoms with Crippen LogP contribution >= 0.6 is 0 Å². The molecule has 0 aliphatic heterocycles. The third-order valence-corrected chi connectivity index (χ3v) is 5.47. The summed E-state index contributed by atoms with van der Waals surface area (Å²) in [6.07, 6.45) is 5.39. The van der Waals surface area contributed by atoms with Crippen LogP contribution in [0.4, 0.5) is 0 Å². The lowest BCUT2D eigenvalue weighted by atomic mass is 9.76. The summed E-state index contributed by atoms with van der Waals surface area (Å²) in [7, 11) is 0. The summed E-state index contributed by atoms with van der Waals surface area (Å²) in [6.45, 7) is 5.37. The lowest BCUT2D eigenvalue weighted by molar-refractivity contribution is -0.169. The van der Waals surface area contributed by atoms with Gasteiger partial charge < -0.3 is 20.7 Å². The van der Waals surface area contributed by atoms with E-state index in [9.17, 15) is 15.0 Å². The van der Waals surface area contributed by atoms with Gasteiger partial charge in [-0.15, -0.1) is 0 Å². The number of aryl methyl sites for hydroxylation is 1.